The summed E-state index contributed by atoms with van der Waals surface area (Å²) in [6.45, 7) is 2.69. The first-order valence-corrected chi connectivity index (χ1v) is 7.56. The smallest absolute Gasteiger partial charge is 0.313 e. The van der Waals surface area contributed by atoms with Crippen LogP contribution in [0, 0.1) is 12.3 Å². The van der Waals surface area contributed by atoms with E-state index in [2.05, 4.69) is 4.98 Å². The van der Waals surface area contributed by atoms with Crippen molar-refractivity contribution in [3.63, 3.8) is 0 Å². The Morgan fingerprint density at radius 2 is 2.17 bits per heavy atom. The number of nitrogens with one attached hydrogen (secondary N) is 1. The molecule has 1 aliphatic rings. The molecule has 1 aromatic heterocycles. The van der Waals surface area contributed by atoms with E-state index in [1.54, 1.807) is 4.90 Å². The maximum absolute atomic E-state index is 12.7. The summed E-state index contributed by atoms with van der Waals surface area (Å²) in [5, 5.41) is 10.5. The number of likely N-dealkylation sites (tertiary alicyclic amines) is 1. The summed E-state index contributed by atoms with van der Waals surface area (Å²) >= 11 is 0. The average molecular weight is 316 g/mol. The third-order valence-corrected chi connectivity index (χ3v) is 4.52. The Morgan fingerprint density at radius 3 is 2.87 bits per heavy atom. The zero-order valence-electron chi connectivity index (χ0n) is 13.3. The van der Waals surface area contributed by atoms with Crippen LogP contribution in [-0.2, 0) is 9.53 Å². The molecule has 3 rings (SSSR count). The lowest BCUT2D eigenvalue weighted by Crippen LogP contribution is -2.40. The van der Waals surface area contributed by atoms with Crippen LogP contribution < -0.4 is 0 Å². The van der Waals surface area contributed by atoms with E-state index in [0.717, 1.165) is 16.5 Å². The first-order valence-electron chi connectivity index (χ1n) is 7.56. The fraction of sp³-hybridized carbons (Fsp3) is 0.412. The van der Waals surface area contributed by atoms with Gasteiger partial charge in [-0.1, -0.05) is 12.1 Å². The Bertz CT molecular complexity index is 767. The van der Waals surface area contributed by atoms with Crippen molar-refractivity contribution in [2.45, 2.75) is 13.3 Å². The first-order chi connectivity index (χ1) is 10.9. The molecule has 1 aliphatic heterocycles. The van der Waals surface area contributed by atoms with E-state index in [-0.39, 0.29) is 19.1 Å². The number of fused-ring (bicyclic) bond motifs is 1. The van der Waals surface area contributed by atoms with Crippen molar-refractivity contribution in [3.05, 3.63) is 35.5 Å². The second-order valence-corrected chi connectivity index (χ2v) is 6.27. The zero-order chi connectivity index (χ0) is 16.6. The predicted molar refractivity (Wildman–Crippen MR) is 85.5 cm³/mol. The molecule has 1 atom stereocenters. The average Bonchev–Trinajstić information content (AvgIpc) is 3.11. The number of aliphatic carboxylic acids is 1. The molecule has 0 radical (unpaired) electrons. The molecule has 0 bridgehead atoms. The van der Waals surface area contributed by atoms with Crippen molar-refractivity contribution in [1.29, 1.82) is 0 Å². The third kappa shape index (κ3) is 2.70. The Hall–Kier alpha value is -2.34. The minimum absolute atomic E-state index is 0.109. The number of methoxy groups -OCH3 is 1. The van der Waals surface area contributed by atoms with E-state index in [0.29, 0.717) is 18.7 Å². The second-order valence-electron chi connectivity index (χ2n) is 6.27. The van der Waals surface area contributed by atoms with Gasteiger partial charge in [0.2, 0.25) is 0 Å². The number of hydrogen-bond donors (Lipinski definition) is 2. The maximum atomic E-state index is 12.7. The summed E-state index contributed by atoms with van der Waals surface area (Å²) in [6.07, 6.45) is 0.404. The molecule has 0 saturated carbocycles. The zero-order valence-corrected chi connectivity index (χ0v) is 13.3. The molecule has 1 unspecified atom stereocenters. The van der Waals surface area contributed by atoms with Crippen LogP contribution >= 0.6 is 0 Å². The molecule has 0 aliphatic carbocycles. The molecule has 6 nitrogen and oxygen atoms in total. The van der Waals surface area contributed by atoms with Gasteiger partial charge in [0.1, 0.15) is 11.1 Å². The lowest BCUT2D eigenvalue weighted by Gasteiger charge is -2.23. The summed E-state index contributed by atoms with van der Waals surface area (Å²) < 4.78 is 5.06. The van der Waals surface area contributed by atoms with Crippen molar-refractivity contribution >= 4 is 22.8 Å². The van der Waals surface area contributed by atoms with Crippen LogP contribution in [0.1, 0.15) is 22.5 Å². The number of H-pyrrole nitrogens is 1. The number of benzene rings is 1. The maximum Gasteiger partial charge on any atom is 0.313 e. The molecule has 6 heteroatoms. The Morgan fingerprint density at radius 1 is 1.39 bits per heavy atom. The fourth-order valence-corrected chi connectivity index (χ4v) is 3.20. The normalized spacial score (nSPS) is 21.0. The fourth-order valence-electron chi connectivity index (χ4n) is 3.20. The van der Waals surface area contributed by atoms with Gasteiger partial charge < -0.3 is 19.7 Å². The van der Waals surface area contributed by atoms with Crippen LogP contribution in [0.15, 0.2) is 24.3 Å². The van der Waals surface area contributed by atoms with Gasteiger partial charge in [-0.2, -0.15) is 0 Å². The SMILES string of the molecule is COCC1(C(=O)O)CCN(C(=O)c2cc3ccc(C)cc3[nH]2)C1. The highest BCUT2D eigenvalue weighted by Gasteiger charge is 2.46. The van der Waals surface area contributed by atoms with E-state index in [1.807, 2.05) is 31.2 Å². The molecule has 1 aromatic carbocycles. The number of ether oxygens (including phenoxy) is 1. The van der Waals surface area contributed by atoms with Crippen molar-refractivity contribution in [2.24, 2.45) is 5.41 Å². The molecule has 2 heterocycles. The summed E-state index contributed by atoms with van der Waals surface area (Å²) in [5.74, 6) is -1.08. The standard InChI is InChI=1S/C17H20N2O4/c1-11-3-4-12-8-14(18-13(12)7-11)15(20)19-6-5-17(9-19,10-23-2)16(21)22/h3-4,7-8,18H,5-6,9-10H2,1-2H3,(H,21,22). The number of rotatable bonds is 4. The van der Waals surface area contributed by atoms with Gasteiger partial charge in [0.05, 0.1) is 6.61 Å². The van der Waals surface area contributed by atoms with Gasteiger partial charge >= 0.3 is 5.97 Å². The summed E-state index contributed by atoms with van der Waals surface area (Å²) in [5.41, 5.74) is 1.51. The van der Waals surface area contributed by atoms with Crippen molar-refractivity contribution < 1.29 is 19.4 Å². The number of aryl methyl sites for hydroxylation is 1. The highest BCUT2D eigenvalue weighted by molar-refractivity contribution is 5.98. The summed E-state index contributed by atoms with van der Waals surface area (Å²) in [6, 6.07) is 7.76. The van der Waals surface area contributed by atoms with Crippen molar-refractivity contribution in [2.75, 3.05) is 26.8 Å². The number of amides is 1. The quantitative estimate of drug-likeness (QED) is 0.904. The molecule has 2 N–H and O–H groups in total. The van der Waals surface area contributed by atoms with Gasteiger partial charge in [-0.15, -0.1) is 0 Å². The number of aromatic nitrogens is 1. The summed E-state index contributed by atoms with van der Waals surface area (Å²) in [4.78, 5) is 29.0. The predicted octanol–water partition coefficient (Wildman–Crippen LogP) is 2.04. The van der Waals surface area contributed by atoms with Gasteiger partial charge in [-0.3, -0.25) is 9.59 Å². The molecule has 122 valence electrons. The number of nitrogens with zero attached hydrogens (tertiary/aromatic N) is 1. The number of aromatic amines is 1. The molecular formula is C17H20N2O4. The largest absolute Gasteiger partial charge is 0.481 e. The molecule has 1 amide bonds. The van der Waals surface area contributed by atoms with Crippen LogP contribution in [0.25, 0.3) is 10.9 Å². The van der Waals surface area contributed by atoms with E-state index in [9.17, 15) is 14.7 Å². The van der Waals surface area contributed by atoms with Crippen molar-refractivity contribution in [1.82, 2.24) is 9.88 Å². The lowest BCUT2D eigenvalue weighted by atomic mass is 9.88. The van der Waals surface area contributed by atoms with E-state index in [4.69, 9.17) is 4.74 Å². The molecule has 23 heavy (non-hydrogen) atoms. The highest BCUT2D eigenvalue weighted by atomic mass is 16.5. The minimum Gasteiger partial charge on any atom is -0.481 e. The van der Waals surface area contributed by atoms with E-state index in [1.165, 1.54) is 7.11 Å². The summed E-state index contributed by atoms with van der Waals surface area (Å²) in [7, 11) is 1.48. The molecule has 0 spiro atoms. The second kappa shape index (κ2) is 5.70. The first kappa shape index (κ1) is 15.6. The Kier molecular flexibility index (Phi) is 3.85. The van der Waals surface area contributed by atoms with Crippen LogP contribution in [0.3, 0.4) is 0 Å². The van der Waals surface area contributed by atoms with Crippen LogP contribution in [0.2, 0.25) is 0 Å². The monoisotopic (exact) mass is 316 g/mol. The number of carbonyl (C=O) groups is 2. The Labute approximate surface area is 134 Å². The molecule has 1 fully saturated rings. The Balaban J connectivity index is 1.84. The van der Waals surface area contributed by atoms with E-state index < -0.39 is 11.4 Å². The number of carbonyl (C=O) groups excluding carboxylic acids is 1. The number of carboxylic acid groups (broad SMARTS) is 1. The number of hydrogen-bond acceptors (Lipinski definition) is 3. The van der Waals surface area contributed by atoms with Crippen LogP contribution in [0.4, 0.5) is 0 Å². The molecular weight excluding hydrogens is 296 g/mol. The van der Waals surface area contributed by atoms with Crippen molar-refractivity contribution in [3.8, 4) is 0 Å². The topological polar surface area (TPSA) is 82.6 Å². The van der Waals surface area contributed by atoms with Gasteiger partial charge in [0.25, 0.3) is 5.91 Å². The third-order valence-electron chi connectivity index (χ3n) is 4.52. The van der Waals surface area contributed by atoms with Gasteiger partial charge in [-0.05, 0) is 31.0 Å². The molecule has 2 aromatic rings. The lowest BCUT2D eigenvalue weighted by molar-refractivity contribution is -0.151. The highest BCUT2D eigenvalue weighted by Crippen LogP contribution is 2.32. The van der Waals surface area contributed by atoms with Crippen LogP contribution in [-0.4, -0.2) is 53.7 Å². The van der Waals surface area contributed by atoms with Crippen LogP contribution in [0.5, 0.6) is 0 Å². The molecule has 1 saturated heterocycles. The number of carboxylic acids is 1. The van der Waals surface area contributed by atoms with Gasteiger partial charge in [0, 0.05) is 31.1 Å². The minimum atomic E-state index is -1.01. The van der Waals surface area contributed by atoms with Gasteiger partial charge in [0.15, 0.2) is 0 Å². The van der Waals surface area contributed by atoms with Gasteiger partial charge in [-0.25, -0.2) is 0 Å². The van der Waals surface area contributed by atoms with E-state index >= 15 is 0 Å².